The van der Waals surface area contributed by atoms with Crippen molar-refractivity contribution in [3.8, 4) is 5.75 Å². The third kappa shape index (κ3) is 4.88. The maximum atomic E-state index is 13.3. The summed E-state index contributed by atoms with van der Waals surface area (Å²) in [6.07, 6.45) is 4.94. The van der Waals surface area contributed by atoms with Crippen molar-refractivity contribution >= 4 is 33.4 Å². The molecule has 10 heteroatoms. The molecule has 0 radical (unpaired) electrons. The van der Waals surface area contributed by atoms with Crippen molar-refractivity contribution < 1.29 is 27.9 Å². The van der Waals surface area contributed by atoms with E-state index in [2.05, 4.69) is 5.32 Å². The summed E-state index contributed by atoms with van der Waals surface area (Å²) < 4.78 is 27.0. The molecular formula is C24H33N3O6S. The molecule has 1 aromatic rings. The first kappa shape index (κ1) is 25.9. The number of nitrogens with one attached hydrogen (secondary N) is 1. The second-order valence-corrected chi connectivity index (χ2v) is 11.0. The van der Waals surface area contributed by atoms with Crippen molar-refractivity contribution in [2.75, 3.05) is 18.4 Å². The van der Waals surface area contributed by atoms with Crippen LogP contribution in [0.25, 0.3) is 0 Å². The Morgan fingerprint density at radius 3 is 2.18 bits per heavy atom. The summed E-state index contributed by atoms with van der Waals surface area (Å²) in [7, 11) is -3.82. The number of phenolic OH excluding ortho intramolecular Hbond substituents is 1. The molecule has 2 aliphatic rings. The number of rotatable bonds is 9. The van der Waals surface area contributed by atoms with Crippen LogP contribution in [0.3, 0.4) is 0 Å². The van der Waals surface area contributed by atoms with E-state index in [0.29, 0.717) is 12.8 Å². The number of anilines is 1. The van der Waals surface area contributed by atoms with Crippen LogP contribution < -0.4 is 5.32 Å². The molecule has 1 fully saturated rings. The van der Waals surface area contributed by atoms with Crippen LogP contribution in [0, 0.1) is 17.8 Å². The van der Waals surface area contributed by atoms with Crippen molar-refractivity contribution in [1.29, 1.82) is 0 Å². The number of benzene rings is 1. The smallest absolute Gasteiger partial charge is 0.247 e. The summed E-state index contributed by atoms with van der Waals surface area (Å²) in [6, 6.07) is 2.61. The zero-order chi connectivity index (χ0) is 25.2. The van der Waals surface area contributed by atoms with Crippen molar-refractivity contribution in [2.24, 2.45) is 17.8 Å². The van der Waals surface area contributed by atoms with Crippen molar-refractivity contribution in [2.45, 2.75) is 57.9 Å². The Morgan fingerprint density at radius 1 is 1.12 bits per heavy atom. The predicted octanol–water partition coefficient (Wildman–Crippen LogP) is 2.73. The van der Waals surface area contributed by atoms with E-state index in [1.807, 2.05) is 26.0 Å². The fourth-order valence-corrected chi connectivity index (χ4v) is 6.10. The lowest BCUT2D eigenvalue weighted by atomic mass is 9.85. The molecule has 3 amide bonds. The van der Waals surface area contributed by atoms with Gasteiger partial charge in [-0.3, -0.25) is 19.3 Å². The maximum absolute atomic E-state index is 13.3. The molecule has 1 saturated heterocycles. The number of likely N-dealkylation sites (tertiary alicyclic amines) is 1. The van der Waals surface area contributed by atoms with Gasteiger partial charge in [0.25, 0.3) is 0 Å². The molecule has 2 N–H and O–H groups in total. The van der Waals surface area contributed by atoms with E-state index in [-0.39, 0.29) is 53.6 Å². The second-order valence-electron chi connectivity index (χ2n) is 9.11. The Bertz CT molecular complexity index is 1070. The largest absolute Gasteiger partial charge is 0.506 e. The van der Waals surface area contributed by atoms with Gasteiger partial charge in [-0.05, 0) is 43.4 Å². The van der Waals surface area contributed by atoms with Gasteiger partial charge in [0.2, 0.25) is 27.7 Å². The van der Waals surface area contributed by atoms with E-state index in [1.165, 1.54) is 22.5 Å². The van der Waals surface area contributed by atoms with Gasteiger partial charge in [0.15, 0.2) is 0 Å². The molecule has 3 unspecified atom stereocenters. The van der Waals surface area contributed by atoms with E-state index in [1.54, 1.807) is 13.8 Å². The molecule has 1 aliphatic heterocycles. The van der Waals surface area contributed by atoms with Crippen LogP contribution in [-0.4, -0.2) is 59.6 Å². The molecule has 0 saturated carbocycles. The lowest BCUT2D eigenvalue weighted by Crippen LogP contribution is -2.48. The van der Waals surface area contributed by atoms with Crippen molar-refractivity contribution in [3.63, 3.8) is 0 Å². The number of carbonyl (C=O) groups is 3. The topological polar surface area (TPSA) is 124 Å². The average molecular weight is 492 g/mol. The molecule has 1 heterocycles. The lowest BCUT2D eigenvalue weighted by molar-refractivity contribution is -0.147. The molecular weight excluding hydrogens is 458 g/mol. The first-order valence-corrected chi connectivity index (χ1v) is 13.1. The predicted molar refractivity (Wildman–Crippen MR) is 127 cm³/mol. The van der Waals surface area contributed by atoms with Gasteiger partial charge in [-0.25, -0.2) is 8.42 Å². The molecule has 9 nitrogen and oxygen atoms in total. The Kier molecular flexibility index (Phi) is 7.82. The Hall–Kier alpha value is -2.72. The number of carbonyl (C=O) groups excluding carboxylic acids is 3. The van der Waals surface area contributed by atoms with Gasteiger partial charge in [-0.2, -0.15) is 4.31 Å². The normalized spacial score (nSPS) is 21.3. The van der Waals surface area contributed by atoms with Gasteiger partial charge in [0, 0.05) is 13.1 Å². The molecule has 0 bridgehead atoms. The van der Waals surface area contributed by atoms with Gasteiger partial charge in [-0.1, -0.05) is 39.8 Å². The number of hydrogen-bond donors (Lipinski definition) is 2. The van der Waals surface area contributed by atoms with Crippen LogP contribution in [0.4, 0.5) is 5.69 Å². The quantitative estimate of drug-likeness (QED) is 0.311. The van der Waals surface area contributed by atoms with E-state index in [0.717, 1.165) is 4.90 Å². The van der Waals surface area contributed by atoms with Gasteiger partial charge >= 0.3 is 0 Å². The van der Waals surface area contributed by atoms with E-state index in [9.17, 15) is 27.9 Å². The van der Waals surface area contributed by atoms with E-state index < -0.39 is 33.8 Å². The second kappa shape index (κ2) is 10.3. The van der Waals surface area contributed by atoms with Crippen LogP contribution in [-0.2, 0) is 24.4 Å². The minimum absolute atomic E-state index is 0.0000729. The fourth-order valence-electron chi connectivity index (χ4n) is 4.61. The first-order chi connectivity index (χ1) is 16.0. The van der Waals surface area contributed by atoms with Crippen molar-refractivity contribution in [3.05, 3.63) is 30.4 Å². The maximum Gasteiger partial charge on any atom is 0.247 e. The summed E-state index contributed by atoms with van der Waals surface area (Å²) >= 11 is 0. The third-order valence-electron chi connectivity index (χ3n) is 6.42. The summed E-state index contributed by atoms with van der Waals surface area (Å²) in [4.78, 5) is 40.5. The Labute approximate surface area is 200 Å². The number of phenols is 1. The van der Waals surface area contributed by atoms with Crippen LogP contribution >= 0.6 is 0 Å². The number of aromatic hydroxyl groups is 1. The molecule has 3 atom stereocenters. The first-order valence-electron chi connectivity index (χ1n) is 11.7. The van der Waals surface area contributed by atoms with Crippen LogP contribution in [0.15, 0.2) is 35.2 Å². The van der Waals surface area contributed by atoms with Crippen LogP contribution in [0.5, 0.6) is 5.75 Å². The number of amides is 3. The van der Waals surface area contributed by atoms with Gasteiger partial charge in [0.1, 0.15) is 11.8 Å². The van der Waals surface area contributed by atoms with Gasteiger partial charge < -0.3 is 10.4 Å². The lowest BCUT2D eigenvalue weighted by Gasteiger charge is -2.27. The highest BCUT2D eigenvalue weighted by Crippen LogP contribution is 2.37. The molecule has 186 valence electrons. The molecule has 1 aliphatic carbocycles. The average Bonchev–Trinajstić information content (AvgIpc) is 3.04. The number of nitrogens with zero attached hydrogens (tertiary/aromatic N) is 2. The Morgan fingerprint density at radius 2 is 1.68 bits per heavy atom. The zero-order valence-corrected chi connectivity index (χ0v) is 20.8. The monoisotopic (exact) mass is 491 g/mol. The highest BCUT2D eigenvalue weighted by molar-refractivity contribution is 7.89. The summed E-state index contributed by atoms with van der Waals surface area (Å²) in [5.41, 5.74) is -0.0924. The SMILES string of the molecule is CCN(CC)S(=O)(=O)c1ccc(O)c(NC(=O)C(CC(C)C)N2C(=O)C3CC=CCC3C2=O)c1. The highest BCUT2D eigenvalue weighted by Gasteiger charge is 2.51. The third-order valence-corrected chi connectivity index (χ3v) is 8.47. The number of hydrogen-bond acceptors (Lipinski definition) is 6. The van der Waals surface area contributed by atoms with Gasteiger partial charge in [-0.15, -0.1) is 0 Å². The van der Waals surface area contributed by atoms with Crippen molar-refractivity contribution in [1.82, 2.24) is 9.21 Å². The fraction of sp³-hybridized carbons (Fsp3) is 0.542. The molecule has 34 heavy (non-hydrogen) atoms. The summed E-state index contributed by atoms with van der Waals surface area (Å²) in [6.45, 7) is 7.75. The van der Waals surface area contributed by atoms with E-state index in [4.69, 9.17) is 0 Å². The Balaban J connectivity index is 1.91. The summed E-state index contributed by atoms with van der Waals surface area (Å²) in [5.74, 6) is -2.60. The minimum Gasteiger partial charge on any atom is -0.506 e. The molecule has 1 aromatic carbocycles. The number of fused-ring (bicyclic) bond motifs is 1. The zero-order valence-electron chi connectivity index (χ0n) is 20.0. The van der Waals surface area contributed by atoms with Crippen LogP contribution in [0.2, 0.25) is 0 Å². The number of allylic oxidation sites excluding steroid dienone is 2. The van der Waals surface area contributed by atoms with E-state index >= 15 is 0 Å². The highest BCUT2D eigenvalue weighted by atomic mass is 32.2. The summed E-state index contributed by atoms with van der Waals surface area (Å²) in [5, 5.41) is 12.9. The number of imide groups is 1. The molecule has 0 aromatic heterocycles. The standard InChI is InChI=1S/C24H33N3O6S/c1-5-26(6-2)34(32,33)16-11-12-21(28)19(14-16)25-22(29)20(13-15(3)4)27-23(30)17-9-7-8-10-18(17)24(27)31/h7-8,11-12,14-15,17-18,20,28H,5-6,9-10,13H2,1-4H3,(H,25,29). The number of sulfonamides is 1. The molecule has 3 rings (SSSR count). The van der Waals surface area contributed by atoms with Gasteiger partial charge in [0.05, 0.1) is 22.4 Å². The minimum atomic E-state index is -3.82. The molecule has 0 spiro atoms. The van der Waals surface area contributed by atoms with Crippen LogP contribution in [0.1, 0.15) is 47.0 Å².